The van der Waals surface area contributed by atoms with Crippen molar-refractivity contribution in [2.75, 3.05) is 5.32 Å². The second-order valence-electron chi connectivity index (χ2n) is 5.36. The van der Waals surface area contributed by atoms with Gasteiger partial charge in [-0.25, -0.2) is 4.79 Å². The van der Waals surface area contributed by atoms with E-state index in [1.54, 1.807) is 48.5 Å². The topological polar surface area (TPSA) is 98.2 Å². The summed E-state index contributed by atoms with van der Waals surface area (Å²) in [7, 11) is 0. The Kier molecular flexibility index (Phi) is 3.98. The number of rotatable bonds is 3. The summed E-state index contributed by atoms with van der Waals surface area (Å²) in [6, 6.07) is 14.8. The zero-order valence-corrected chi connectivity index (χ0v) is 13.9. The van der Waals surface area contributed by atoms with Crippen molar-refractivity contribution in [3.8, 4) is 11.5 Å². The molecule has 0 saturated heterocycles. The summed E-state index contributed by atoms with van der Waals surface area (Å²) in [6.07, 6.45) is 0. The van der Waals surface area contributed by atoms with Crippen LogP contribution in [0.5, 0.6) is 0 Å². The van der Waals surface area contributed by atoms with E-state index >= 15 is 0 Å². The molecule has 0 spiro atoms. The molecule has 0 aliphatic heterocycles. The summed E-state index contributed by atoms with van der Waals surface area (Å²) in [5, 5.41) is 11.2. The molecular formula is C18H10ClN3O4. The first-order chi connectivity index (χ1) is 12.6. The predicted molar refractivity (Wildman–Crippen MR) is 95.2 cm³/mol. The number of benzene rings is 2. The summed E-state index contributed by atoms with van der Waals surface area (Å²) < 4.78 is 10.6. The molecule has 0 radical (unpaired) electrons. The average Bonchev–Trinajstić information content (AvgIpc) is 3.10. The Morgan fingerprint density at radius 3 is 2.58 bits per heavy atom. The highest BCUT2D eigenvalue weighted by Gasteiger charge is 2.16. The van der Waals surface area contributed by atoms with E-state index in [2.05, 4.69) is 15.5 Å². The number of halogens is 1. The molecule has 0 aliphatic carbocycles. The smallest absolute Gasteiger partial charge is 0.349 e. The Morgan fingerprint density at radius 1 is 1.00 bits per heavy atom. The number of anilines is 1. The van der Waals surface area contributed by atoms with Gasteiger partial charge in [0.25, 0.3) is 11.8 Å². The SMILES string of the molecule is O=C(Nc1nnc(-c2cc3ccccc3oc2=O)o1)c1ccc(Cl)cc1. The third-order valence-corrected chi connectivity index (χ3v) is 3.88. The van der Waals surface area contributed by atoms with Gasteiger partial charge in [-0.05, 0) is 36.4 Å². The Bertz CT molecular complexity index is 1160. The quantitative estimate of drug-likeness (QED) is 0.554. The monoisotopic (exact) mass is 367 g/mol. The van der Waals surface area contributed by atoms with Gasteiger partial charge in [-0.15, -0.1) is 5.10 Å². The first-order valence-electron chi connectivity index (χ1n) is 7.54. The van der Waals surface area contributed by atoms with E-state index < -0.39 is 11.5 Å². The number of hydrogen-bond acceptors (Lipinski definition) is 6. The molecule has 8 heteroatoms. The summed E-state index contributed by atoms with van der Waals surface area (Å²) in [6.45, 7) is 0. The zero-order chi connectivity index (χ0) is 18.1. The van der Waals surface area contributed by atoms with Gasteiger partial charge in [0, 0.05) is 16.0 Å². The molecule has 2 heterocycles. The maximum atomic E-state index is 12.2. The fourth-order valence-electron chi connectivity index (χ4n) is 2.36. The van der Waals surface area contributed by atoms with Gasteiger partial charge in [-0.2, -0.15) is 0 Å². The molecule has 2 aromatic carbocycles. The third-order valence-electron chi connectivity index (χ3n) is 3.62. The van der Waals surface area contributed by atoms with Crippen molar-refractivity contribution >= 4 is 34.5 Å². The normalized spacial score (nSPS) is 10.8. The molecule has 4 rings (SSSR count). The number of fused-ring (bicyclic) bond motifs is 1. The van der Waals surface area contributed by atoms with Crippen LogP contribution in [-0.2, 0) is 0 Å². The number of aromatic nitrogens is 2. The van der Waals surface area contributed by atoms with E-state index in [1.807, 2.05) is 6.07 Å². The number of amides is 1. The summed E-state index contributed by atoms with van der Waals surface area (Å²) in [5.74, 6) is -0.488. The lowest BCUT2D eigenvalue weighted by Gasteiger charge is -2.00. The van der Waals surface area contributed by atoms with Crippen molar-refractivity contribution in [2.45, 2.75) is 0 Å². The summed E-state index contributed by atoms with van der Waals surface area (Å²) in [4.78, 5) is 24.3. The molecular weight excluding hydrogens is 358 g/mol. The number of hydrogen-bond donors (Lipinski definition) is 1. The van der Waals surface area contributed by atoms with Crippen LogP contribution in [0.4, 0.5) is 6.01 Å². The van der Waals surface area contributed by atoms with Crippen molar-refractivity contribution in [1.29, 1.82) is 0 Å². The van der Waals surface area contributed by atoms with Crippen molar-refractivity contribution in [3.63, 3.8) is 0 Å². The number of carbonyl (C=O) groups is 1. The minimum atomic E-state index is -0.608. The van der Waals surface area contributed by atoms with Crippen LogP contribution in [0.1, 0.15) is 10.4 Å². The Morgan fingerprint density at radius 2 is 1.77 bits per heavy atom. The number of nitrogens with zero attached hydrogens (tertiary/aromatic N) is 2. The van der Waals surface area contributed by atoms with Gasteiger partial charge in [-0.3, -0.25) is 10.1 Å². The molecule has 7 nitrogen and oxygen atoms in total. The second kappa shape index (κ2) is 6.45. The highest BCUT2D eigenvalue weighted by atomic mass is 35.5. The van der Waals surface area contributed by atoms with E-state index in [0.29, 0.717) is 21.6 Å². The highest BCUT2D eigenvalue weighted by Crippen LogP contribution is 2.21. The lowest BCUT2D eigenvalue weighted by Crippen LogP contribution is -2.11. The van der Waals surface area contributed by atoms with Crippen molar-refractivity contribution < 1.29 is 13.6 Å². The maximum Gasteiger partial charge on any atom is 0.349 e. The molecule has 0 aliphatic rings. The maximum absolute atomic E-state index is 12.2. The number of para-hydroxylation sites is 1. The molecule has 1 N–H and O–H groups in total. The molecule has 128 valence electrons. The lowest BCUT2D eigenvalue weighted by molar-refractivity contribution is 0.102. The van der Waals surface area contributed by atoms with Crippen LogP contribution in [-0.4, -0.2) is 16.1 Å². The largest absolute Gasteiger partial charge is 0.422 e. The van der Waals surface area contributed by atoms with E-state index in [0.717, 1.165) is 0 Å². The van der Waals surface area contributed by atoms with Crippen LogP contribution >= 0.6 is 11.6 Å². The van der Waals surface area contributed by atoms with Crippen LogP contribution in [0, 0.1) is 0 Å². The minimum absolute atomic E-state index is 0.0455. The highest BCUT2D eigenvalue weighted by molar-refractivity contribution is 6.30. The molecule has 0 fully saturated rings. The Balaban J connectivity index is 1.62. The molecule has 4 aromatic rings. The van der Waals surface area contributed by atoms with E-state index in [4.69, 9.17) is 20.4 Å². The Hall–Kier alpha value is -3.45. The van der Waals surface area contributed by atoms with Crippen molar-refractivity contribution in [1.82, 2.24) is 10.2 Å². The van der Waals surface area contributed by atoms with Crippen LogP contribution in [0.3, 0.4) is 0 Å². The van der Waals surface area contributed by atoms with Gasteiger partial charge in [-0.1, -0.05) is 34.9 Å². The average molecular weight is 368 g/mol. The third kappa shape index (κ3) is 3.07. The number of carbonyl (C=O) groups excluding carboxylic acids is 1. The second-order valence-corrected chi connectivity index (χ2v) is 5.80. The van der Waals surface area contributed by atoms with E-state index in [1.165, 1.54) is 0 Å². The molecule has 2 aromatic heterocycles. The molecule has 26 heavy (non-hydrogen) atoms. The van der Waals surface area contributed by atoms with Crippen LogP contribution < -0.4 is 10.9 Å². The van der Waals surface area contributed by atoms with Crippen molar-refractivity contribution in [3.05, 3.63) is 75.6 Å². The standard InChI is InChI=1S/C18H10ClN3O4/c19-12-7-5-10(6-8-12)15(23)20-18-22-21-16(26-18)13-9-11-3-1-2-4-14(11)25-17(13)24/h1-9H,(H,20,22,23). The first kappa shape index (κ1) is 16.0. The van der Waals surface area contributed by atoms with Crippen LogP contribution in [0.2, 0.25) is 5.02 Å². The predicted octanol–water partition coefficient (Wildman–Crippen LogP) is 3.75. The minimum Gasteiger partial charge on any atom is -0.422 e. The van der Waals surface area contributed by atoms with Crippen LogP contribution in [0.25, 0.3) is 22.4 Å². The molecule has 0 bridgehead atoms. The lowest BCUT2D eigenvalue weighted by atomic mass is 10.2. The van der Waals surface area contributed by atoms with Gasteiger partial charge < -0.3 is 8.83 Å². The van der Waals surface area contributed by atoms with Gasteiger partial charge >= 0.3 is 11.6 Å². The molecule has 0 unspecified atom stereocenters. The van der Waals surface area contributed by atoms with Gasteiger partial charge in [0.05, 0.1) is 0 Å². The first-order valence-corrected chi connectivity index (χ1v) is 7.91. The van der Waals surface area contributed by atoms with Crippen LogP contribution in [0.15, 0.2) is 68.2 Å². The zero-order valence-electron chi connectivity index (χ0n) is 13.1. The Labute approximate surface area is 151 Å². The van der Waals surface area contributed by atoms with Gasteiger partial charge in [0.1, 0.15) is 11.1 Å². The summed E-state index contributed by atoms with van der Waals surface area (Å²) >= 11 is 5.79. The van der Waals surface area contributed by atoms with E-state index in [-0.39, 0.29) is 17.5 Å². The molecule has 0 saturated carbocycles. The van der Waals surface area contributed by atoms with E-state index in [9.17, 15) is 9.59 Å². The van der Waals surface area contributed by atoms with Gasteiger partial charge in [0.2, 0.25) is 0 Å². The fourth-order valence-corrected chi connectivity index (χ4v) is 2.49. The van der Waals surface area contributed by atoms with Crippen molar-refractivity contribution in [2.24, 2.45) is 0 Å². The number of nitrogens with one attached hydrogen (secondary N) is 1. The molecule has 0 atom stereocenters. The van der Waals surface area contributed by atoms with Gasteiger partial charge in [0.15, 0.2) is 0 Å². The fraction of sp³-hybridized carbons (Fsp3) is 0. The summed E-state index contributed by atoms with van der Waals surface area (Å²) in [5.41, 5.74) is 0.336. The molecule has 1 amide bonds.